The summed E-state index contributed by atoms with van der Waals surface area (Å²) in [7, 11) is 0. The van der Waals surface area contributed by atoms with E-state index in [9.17, 15) is 10.2 Å². The van der Waals surface area contributed by atoms with Crippen LogP contribution in [0.2, 0.25) is 0 Å². The molecule has 0 aliphatic rings. The highest BCUT2D eigenvalue weighted by Crippen LogP contribution is 2.20. The first-order chi connectivity index (χ1) is 42.3. The van der Waals surface area contributed by atoms with Gasteiger partial charge in [0, 0.05) is 17.9 Å². The highest BCUT2D eigenvalue weighted by atomic mass is 79.9. The lowest BCUT2D eigenvalue weighted by Gasteiger charge is -2.38. The molecule has 0 radical (unpaired) electrons. The Morgan fingerprint density at radius 1 is 0.272 bits per heavy atom. The van der Waals surface area contributed by atoms with Gasteiger partial charge in [-0.25, -0.2) is 0 Å². The molecule has 9 nitrogen and oxygen atoms in total. The maximum Gasteiger partial charge on any atom is 0.102 e. The molecule has 0 aromatic heterocycles. The topological polar surface area (TPSA) is 138 Å². The number of aliphatic hydroxyl groups excluding tert-OH is 6. The molecule has 1 atom stereocenters. The zero-order valence-electron chi connectivity index (χ0n) is 60.3. The van der Waals surface area contributed by atoms with E-state index < -0.39 is 0 Å². The quantitative estimate of drug-likeness (QED) is 0.0172. The second-order valence-corrected chi connectivity index (χ2v) is 28.1. The smallest absolute Gasteiger partial charge is 0.102 e. The molecule has 0 spiro atoms. The van der Waals surface area contributed by atoms with Gasteiger partial charge in [-0.05, 0) is 44.9 Å². The predicted octanol–water partition coefficient (Wildman–Crippen LogP) is 16.1. The molecule has 0 fully saturated rings. The highest BCUT2D eigenvalue weighted by Gasteiger charge is 2.25. The molecule has 0 aliphatic carbocycles. The van der Waals surface area contributed by atoms with Crippen molar-refractivity contribution in [3.05, 3.63) is 0 Å². The summed E-state index contributed by atoms with van der Waals surface area (Å²) in [6.45, 7) is 20.3. The van der Waals surface area contributed by atoms with Gasteiger partial charge in [0.15, 0.2) is 0 Å². The van der Waals surface area contributed by atoms with Crippen molar-refractivity contribution in [2.75, 3.05) is 98.5 Å². The fourth-order valence-corrected chi connectivity index (χ4v) is 12.5. The molecule has 0 aromatic carbocycles. The number of rotatable bonds is 70. The first kappa shape index (κ1) is 114. The summed E-state index contributed by atoms with van der Waals surface area (Å²) in [6.07, 6.45) is 77.3. The van der Waals surface area contributed by atoms with E-state index in [0.717, 1.165) is 50.3 Å². The summed E-state index contributed by atoms with van der Waals surface area (Å²) < 4.78 is 0.934. The molecule has 572 valence electrons. The van der Waals surface area contributed by atoms with Crippen LogP contribution in [0.25, 0.3) is 0 Å². The van der Waals surface area contributed by atoms with Crippen LogP contribution in [0.15, 0.2) is 0 Å². The average molecular weight is 1520 g/mol. The molecule has 0 aromatic rings. The summed E-state index contributed by atoms with van der Waals surface area (Å²) >= 11 is 3.60. The number of nitrogens with zero attached hydrogens (tertiary/aromatic N) is 1. The molecule has 0 saturated heterocycles. The van der Waals surface area contributed by atoms with Gasteiger partial charge in [-0.3, -0.25) is 0 Å². The van der Waals surface area contributed by atoms with Crippen molar-refractivity contribution in [1.29, 1.82) is 0 Å². The molecule has 0 rings (SSSR count). The number of aliphatic hydroxyl groups is 6. The Bertz CT molecular complexity index is 1070. The fraction of sp³-hybridized carbons (Fsp3) is 1.00. The van der Waals surface area contributed by atoms with Crippen molar-refractivity contribution in [3.8, 4) is 0 Å². The van der Waals surface area contributed by atoms with Gasteiger partial charge >= 0.3 is 0 Å². The third-order valence-corrected chi connectivity index (χ3v) is 18.4. The highest BCUT2D eigenvalue weighted by molar-refractivity contribution is 9.09. The second kappa shape index (κ2) is 108. The number of halogens is 3. The number of hydrogen-bond donors (Lipinski definition) is 8. The molecule has 8 N–H and O–H groups in total. The van der Waals surface area contributed by atoms with E-state index in [1.807, 2.05) is 0 Å². The fourth-order valence-electron chi connectivity index (χ4n) is 12.2. The van der Waals surface area contributed by atoms with Gasteiger partial charge in [0.05, 0.1) is 59.3 Å². The van der Waals surface area contributed by atoms with E-state index in [1.165, 1.54) is 358 Å². The summed E-state index contributed by atoms with van der Waals surface area (Å²) in [6, 6.07) is 0. The van der Waals surface area contributed by atoms with Crippen LogP contribution in [0.4, 0.5) is 0 Å². The molecule has 1 unspecified atom stereocenters. The predicted molar refractivity (Wildman–Crippen MR) is 413 cm³/mol. The Balaban J connectivity index is -0.000000135. The molecular formula is C80H180Br3N3O6. The van der Waals surface area contributed by atoms with E-state index in [-0.39, 0.29) is 103 Å². The molecule has 0 aliphatic heterocycles. The van der Waals surface area contributed by atoms with Gasteiger partial charge in [0.25, 0.3) is 0 Å². The van der Waals surface area contributed by atoms with Crippen LogP contribution in [0.1, 0.15) is 417 Å². The van der Waals surface area contributed by atoms with Gasteiger partial charge < -0.3 is 79.3 Å². The lowest BCUT2D eigenvalue weighted by molar-refractivity contribution is -0.929. The third kappa shape index (κ3) is 107. The monoisotopic (exact) mass is 1520 g/mol. The third-order valence-electron chi connectivity index (χ3n) is 18.0. The number of quaternary nitrogens is 2. The summed E-state index contributed by atoms with van der Waals surface area (Å²) in [4.78, 5) is 2.06. The van der Waals surface area contributed by atoms with Crippen molar-refractivity contribution < 1.29 is 74.0 Å². The Hall–Kier alpha value is 1.08. The first-order valence-electron chi connectivity index (χ1n) is 39.0. The zero-order chi connectivity index (χ0) is 63.9. The molecule has 0 heterocycles. The van der Waals surface area contributed by atoms with Gasteiger partial charge in [-0.2, -0.15) is 0 Å². The number of unbranched alkanes of at least 4 members (excludes halogenated alkanes) is 50. The van der Waals surface area contributed by atoms with Crippen LogP contribution in [0.5, 0.6) is 0 Å². The minimum atomic E-state index is 0. The van der Waals surface area contributed by atoms with Crippen LogP contribution in [0, 0.1) is 0 Å². The number of alkyl halides is 1. The van der Waals surface area contributed by atoms with E-state index in [0.29, 0.717) is 17.9 Å². The second-order valence-electron chi connectivity index (χ2n) is 26.6. The van der Waals surface area contributed by atoms with Crippen molar-refractivity contribution in [2.45, 2.75) is 422 Å². The summed E-state index contributed by atoms with van der Waals surface area (Å²) in [5.41, 5.74) is 0. The largest absolute Gasteiger partial charge is 1.00 e. The average Bonchev–Trinajstić information content (AvgIpc) is 1.37. The SMILES string of the molecule is C.C.C.C.CCCCCCCCCCCCCCC(C)Br.CCCCCCCCCCCCCCCC[N+](CCO)(CCO)CCCCCCCCCCCCCCCC.CCCCCCCCCCCCCCCC[NH+](CCO)CCO.OCCNCCO.[Br-].[Br-]. The molecule has 12 heteroatoms. The van der Waals surface area contributed by atoms with Crippen LogP contribution in [0.3, 0.4) is 0 Å². The molecule has 92 heavy (non-hydrogen) atoms. The van der Waals surface area contributed by atoms with Crippen LogP contribution in [-0.4, -0.2) is 138 Å². The van der Waals surface area contributed by atoms with Crippen LogP contribution < -0.4 is 44.2 Å². The maximum atomic E-state index is 9.76. The summed E-state index contributed by atoms with van der Waals surface area (Å²) in [5, 5.41) is 56.6. The maximum absolute atomic E-state index is 9.76. The van der Waals surface area contributed by atoms with E-state index in [4.69, 9.17) is 20.4 Å². The van der Waals surface area contributed by atoms with Crippen LogP contribution in [-0.2, 0) is 0 Å². The Labute approximate surface area is 612 Å². The van der Waals surface area contributed by atoms with Gasteiger partial charge in [-0.1, -0.05) is 388 Å². The zero-order valence-corrected chi connectivity index (χ0v) is 65.1. The number of hydrogen-bond acceptors (Lipinski definition) is 7. The van der Waals surface area contributed by atoms with Crippen molar-refractivity contribution in [1.82, 2.24) is 5.32 Å². The van der Waals surface area contributed by atoms with E-state index >= 15 is 0 Å². The van der Waals surface area contributed by atoms with Gasteiger partial charge in [0.2, 0.25) is 0 Å². The van der Waals surface area contributed by atoms with Gasteiger partial charge in [-0.15, -0.1) is 0 Å². The normalized spacial score (nSPS) is 11.1. The van der Waals surface area contributed by atoms with Crippen molar-refractivity contribution >= 4 is 15.9 Å². The van der Waals surface area contributed by atoms with E-state index in [1.54, 1.807) is 0 Å². The standard InChI is InChI=1S/C36H76NO2.C20H43NO2.C16H33Br.C4H11NO2.4CH4.2BrH/c1-3-5-7-9-11-13-15-17-19-21-23-25-27-29-31-37(33-35-38,34-36-39)32-30-28-26-24-22-20-18-16-14-12-10-8-6-4-2;1-2-3-4-5-6-7-8-9-10-11-12-13-14-15-16-21(17-19-22)18-20-23;1-3-4-5-6-7-8-9-10-11-12-13-14-15-16(2)17;6-3-1-5-2-4-7;;;;;;/h38-39H,3-36H2,1-2H3;22-23H,2-20H2,1H3;16H,3-15H2,1-2H3;5-7H,1-4H2;4*1H4;2*1H/q+1;;;;;;;;;/p-1. The molecule has 0 saturated carbocycles. The Morgan fingerprint density at radius 2 is 0.478 bits per heavy atom. The molecule has 0 bridgehead atoms. The van der Waals surface area contributed by atoms with Gasteiger partial charge in [0.1, 0.15) is 26.2 Å². The summed E-state index contributed by atoms with van der Waals surface area (Å²) in [5.74, 6) is 0. The molecule has 0 amide bonds. The minimum Gasteiger partial charge on any atom is -1.00 e. The minimum absolute atomic E-state index is 0. The van der Waals surface area contributed by atoms with Crippen molar-refractivity contribution in [2.24, 2.45) is 0 Å². The number of nitrogens with one attached hydrogen (secondary N) is 2. The lowest BCUT2D eigenvalue weighted by atomic mass is 10.0. The Kier molecular flexibility index (Phi) is 134. The van der Waals surface area contributed by atoms with E-state index in [2.05, 4.69) is 55.9 Å². The molecular weight excluding hydrogens is 1340 g/mol. The first-order valence-corrected chi connectivity index (χ1v) is 39.9. The van der Waals surface area contributed by atoms with Crippen LogP contribution >= 0.6 is 15.9 Å². The Morgan fingerprint density at radius 3 is 0.674 bits per heavy atom. The van der Waals surface area contributed by atoms with Crippen molar-refractivity contribution in [3.63, 3.8) is 0 Å². The lowest BCUT2D eigenvalue weighted by Crippen LogP contribution is -3.13.